The molecule has 0 amide bonds. The molecule has 0 spiro atoms. The van der Waals surface area contributed by atoms with E-state index in [4.69, 9.17) is 0 Å². The Hall–Kier alpha value is 0.137. The van der Waals surface area contributed by atoms with Crippen molar-refractivity contribution in [2.45, 2.75) is 65.2 Å². The van der Waals surface area contributed by atoms with Gasteiger partial charge in [0.05, 0.1) is 0 Å². The Morgan fingerprint density at radius 2 is 1.60 bits per heavy atom. The van der Waals surface area contributed by atoms with Crippen molar-refractivity contribution in [3.05, 3.63) is 0 Å². The minimum Gasteiger partial charge on any atom is -0.313 e. The Kier molecular flexibility index (Phi) is 6.72. The molecule has 0 aliphatic carbocycles. The molecule has 2 N–H and O–H groups in total. The van der Waals surface area contributed by atoms with Crippen molar-refractivity contribution < 1.29 is 0 Å². The molecule has 92 valence electrons. The summed E-state index contributed by atoms with van der Waals surface area (Å²) in [4.78, 5) is 0. The zero-order chi connectivity index (χ0) is 12.1. The molecule has 0 aromatic rings. The van der Waals surface area contributed by atoms with E-state index >= 15 is 0 Å². The first-order valence-electron chi connectivity index (χ1n) is 6.33. The molecule has 0 radical (unpaired) electrons. The lowest BCUT2D eigenvalue weighted by molar-refractivity contribution is 0.279. The van der Waals surface area contributed by atoms with Crippen LogP contribution in [0, 0.1) is 5.92 Å². The maximum Gasteiger partial charge on any atom is 0.0301 e. The number of nitrogens with one attached hydrogen (secondary N) is 2. The first-order chi connectivity index (χ1) is 6.81. The highest BCUT2D eigenvalue weighted by atomic mass is 28.1. The van der Waals surface area contributed by atoms with E-state index in [-0.39, 0.29) is 0 Å². The topological polar surface area (TPSA) is 24.1 Å². The first-order valence-corrected chi connectivity index (χ1v) is 7.33. The summed E-state index contributed by atoms with van der Waals surface area (Å²) in [5.74, 6) is 0.748. The molecule has 2 atom stereocenters. The van der Waals surface area contributed by atoms with Gasteiger partial charge in [0.1, 0.15) is 0 Å². The van der Waals surface area contributed by atoms with Crippen LogP contribution in [0.25, 0.3) is 0 Å². The number of hydrogen-bond donors (Lipinski definition) is 2. The fourth-order valence-corrected chi connectivity index (χ4v) is 3.08. The van der Waals surface area contributed by atoms with E-state index in [1.165, 1.54) is 16.7 Å². The predicted molar refractivity (Wildman–Crippen MR) is 73.5 cm³/mol. The van der Waals surface area contributed by atoms with Crippen LogP contribution in [0.1, 0.15) is 48.0 Å². The van der Waals surface area contributed by atoms with E-state index in [0.29, 0.717) is 17.2 Å². The Balaban J connectivity index is 4.40. The van der Waals surface area contributed by atoms with Gasteiger partial charge in [0.15, 0.2) is 0 Å². The maximum absolute atomic E-state index is 3.76. The van der Waals surface area contributed by atoms with Gasteiger partial charge in [-0.2, -0.15) is 0 Å². The Morgan fingerprint density at radius 3 is 1.93 bits per heavy atom. The summed E-state index contributed by atoms with van der Waals surface area (Å²) in [7, 11) is 1.19. The van der Waals surface area contributed by atoms with Crippen LogP contribution in [0.3, 0.4) is 0 Å². The Labute approximate surface area is 99.0 Å². The Morgan fingerprint density at radius 1 is 1.07 bits per heavy atom. The standard InChI is InChI=1S/C12H30N2Si/c1-7-11(6)12(15,14-10(4)5)8-13-9(2)3/h9-11,13-14H,7-8H2,1-6,15H3. The van der Waals surface area contributed by atoms with Crippen LogP contribution in [0.15, 0.2) is 0 Å². The van der Waals surface area contributed by atoms with E-state index < -0.39 is 0 Å². The second kappa shape index (κ2) is 6.66. The van der Waals surface area contributed by atoms with Gasteiger partial charge in [-0.3, -0.25) is 0 Å². The molecule has 0 bridgehead atoms. The van der Waals surface area contributed by atoms with Crippen molar-refractivity contribution in [1.29, 1.82) is 0 Å². The maximum atomic E-state index is 3.76. The molecule has 0 saturated carbocycles. The highest BCUT2D eigenvalue weighted by Crippen LogP contribution is 2.17. The van der Waals surface area contributed by atoms with Gasteiger partial charge >= 0.3 is 0 Å². The van der Waals surface area contributed by atoms with Gasteiger partial charge in [-0.15, -0.1) is 0 Å². The quantitative estimate of drug-likeness (QED) is 0.640. The van der Waals surface area contributed by atoms with Gasteiger partial charge < -0.3 is 10.6 Å². The fraction of sp³-hybridized carbons (Fsp3) is 1.00. The average Bonchev–Trinajstić information content (AvgIpc) is 2.12. The predicted octanol–water partition coefficient (Wildman–Crippen LogP) is 1.09. The number of hydrogen-bond acceptors (Lipinski definition) is 2. The second-order valence-electron chi connectivity index (χ2n) is 5.56. The van der Waals surface area contributed by atoms with Crippen LogP contribution in [0.2, 0.25) is 0 Å². The van der Waals surface area contributed by atoms with Gasteiger partial charge in [0.25, 0.3) is 0 Å². The third-order valence-corrected chi connectivity index (χ3v) is 4.82. The van der Waals surface area contributed by atoms with E-state index in [1.807, 2.05) is 0 Å². The van der Waals surface area contributed by atoms with E-state index in [9.17, 15) is 0 Å². The lowest BCUT2D eigenvalue weighted by Gasteiger charge is -2.39. The highest BCUT2D eigenvalue weighted by Gasteiger charge is 2.29. The molecule has 0 fully saturated rings. The van der Waals surface area contributed by atoms with Crippen LogP contribution < -0.4 is 10.6 Å². The SMILES string of the molecule is CCC(C)C([SiH3])(CNC(C)C)NC(C)C. The highest BCUT2D eigenvalue weighted by molar-refractivity contribution is 6.15. The molecule has 0 aromatic carbocycles. The molecule has 0 saturated heterocycles. The smallest absolute Gasteiger partial charge is 0.0301 e. The molecule has 0 aliphatic rings. The van der Waals surface area contributed by atoms with E-state index in [0.717, 1.165) is 12.5 Å². The normalized spacial score (nSPS) is 18.4. The average molecular weight is 230 g/mol. The molecular formula is C12H30N2Si. The van der Waals surface area contributed by atoms with Crippen LogP contribution in [-0.2, 0) is 0 Å². The van der Waals surface area contributed by atoms with Crippen LogP contribution in [0.5, 0.6) is 0 Å². The summed E-state index contributed by atoms with van der Waals surface area (Å²) >= 11 is 0. The third-order valence-electron chi connectivity index (χ3n) is 3.20. The van der Waals surface area contributed by atoms with Crippen molar-refractivity contribution >= 4 is 10.2 Å². The van der Waals surface area contributed by atoms with Crippen molar-refractivity contribution in [1.82, 2.24) is 10.6 Å². The van der Waals surface area contributed by atoms with Gasteiger partial charge in [0.2, 0.25) is 0 Å². The van der Waals surface area contributed by atoms with Crippen LogP contribution in [-0.4, -0.2) is 34.0 Å². The molecule has 3 heteroatoms. The van der Waals surface area contributed by atoms with Gasteiger partial charge in [-0.1, -0.05) is 48.0 Å². The van der Waals surface area contributed by atoms with Gasteiger partial charge in [0, 0.05) is 34.0 Å². The summed E-state index contributed by atoms with van der Waals surface area (Å²) in [5, 5.41) is 7.68. The lowest BCUT2D eigenvalue weighted by Crippen LogP contribution is -2.60. The van der Waals surface area contributed by atoms with Crippen molar-refractivity contribution in [3.8, 4) is 0 Å². The minimum atomic E-state index is 0.340. The third kappa shape index (κ3) is 5.69. The minimum absolute atomic E-state index is 0.340. The molecule has 2 nitrogen and oxygen atoms in total. The molecular weight excluding hydrogens is 200 g/mol. The van der Waals surface area contributed by atoms with E-state index in [1.54, 1.807) is 0 Å². The van der Waals surface area contributed by atoms with Crippen LogP contribution in [0.4, 0.5) is 0 Å². The first kappa shape index (κ1) is 15.1. The van der Waals surface area contributed by atoms with Gasteiger partial charge in [-0.25, -0.2) is 0 Å². The van der Waals surface area contributed by atoms with Crippen molar-refractivity contribution in [2.24, 2.45) is 5.92 Å². The molecule has 0 rings (SSSR count). The van der Waals surface area contributed by atoms with Crippen molar-refractivity contribution in [3.63, 3.8) is 0 Å². The summed E-state index contributed by atoms with van der Waals surface area (Å²) in [6.07, 6.45) is 1.25. The lowest BCUT2D eigenvalue weighted by atomic mass is 9.97. The molecule has 0 aromatic heterocycles. The zero-order valence-corrected chi connectivity index (χ0v) is 13.6. The zero-order valence-electron chi connectivity index (χ0n) is 11.6. The fourth-order valence-electron chi connectivity index (χ4n) is 1.89. The van der Waals surface area contributed by atoms with E-state index in [2.05, 4.69) is 52.2 Å². The summed E-state index contributed by atoms with van der Waals surface area (Å²) < 4.78 is 0. The molecule has 0 aliphatic heterocycles. The summed E-state index contributed by atoms with van der Waals surface area (Å²) in [6, 6.07) is 1.15. The largest absolute Gasteiger partial charge is 0.313 e. The Bertz CT molecular complexity index is 171. The van der Waals surface area contributed by atoms with Crippen molar-refractivity contribution in [2.75, 3.05) is 6.54 Å². The molecule has 0 heterocycles. The summed E-state index contributed by atoms with van der Waals surface area (Å²) in [6.45, 7) is 14.7. The monoisotopic (exact) mass is 230 g/mol. The molecule has 2 unspecified atom stereocenters. The van der Waals surface area contributed by atoms with Crippen LogP contribution >= 0.6 is 0 Å². The molecule has 15 heavy (non-hydrogen) atoms. The number of rotatable bonds is 7. The van der Waals surface area contributed by atoms with Gasteiger partial charge in [-0.05, 0) is 5.92 Å². The second-order valence-corrected chi connectivity index (χ2v) is 7.35. The summed E-state index contributed by atoms with van der Waals surface area (Å²) in [5.41, 5.74) is 0.